The first kappa shape index (κ1) is 46.9. The summed E-state index contributed by atoms with van der Waals surface area (Å²) in [6.45, 7) is 0. The van der Waals surface area contributed by atoms with Crippen LogP contribution in [0.15, 0.2) is 303 Å². The molecule has 3 heterocycles. The Morgan fingerprint density at radius 3 is 0.833 bits per heavy atom. The lowest BCUT2D eigenvalue weighted by atomic mass is 9.99. The van der Waals surface area contributed by atoms with Crippen LogP contribution in [0, 0.1) is 0 Å². The molecule has 0 bridgehead atoms. The molecule has 368 valence electrons. The van der Waals surface area contributed by atoms with Gasteiger partial charge in [0.2, 0.25) is 0 Å². The molecular formula is C74H50N2S2. The van der Waals surface area contributed by atoms with E-state index < -0.39 is 0 Å². The first-order valence-corrected chi connectivity index (χ1v) is 28.1. The first-order valence-electron chi connectivity index (χ1n) is 26.5. The minimum atomic E-state index is 1.08. The Labute approximate surface area is 463 Å². The lowest BCUT2D eigenvalue weighted by molar-refractivity contribution is 1.17. The van der Waals surface area contributed by atoms with Gasteiger partial charge in [0.05, 0.1) is 11.0 Å². The summed E-state index contributed by atoms with van der Waals surface area (Å²) >= 11 is 3.68. The molecule has 0 spiro atoms. The number of hydrogen-bond acceptors (Lipinski definition) is 3. The molecule has 0 fully saturated rings. The van der Waals surface area contributed by atoms with Crippen LogP contribution in [0.1, 0.15) is 0 Å². The molecule has 0 aliphatic rings. The van der Waals surface area contributed by atoms with Gasteiger partial charge in [-0.15, -0.1) is 22.7 Å². The molecule has 78 heavy (non-hydrogen) atoms. The third kappa shape index (κ3) is 9.13. The van der Waals surface area contributed by atoms with Crippen LogP contribution in [0.2, 0.25) is 0 Å². The topological polar surface area (TPSA) is 8.17 Å². The molecule has 3 aromatic heterocycles. The highest BCUT2D eigenvalue weighted by Gasteiger charge is 2.18. The van der Waals surface area contributed by atoms with E-state index in [1.54, 1.807) is 0 Å². The van der Waals surface area contributed by atoms with Crippen molar-refractivity contribution in [3.63, 3.8) is 0 Å². The molecule has 0 N–H and O–H groups in total. The van der Waals surface area contributed by atoms with Crippen molar-refractivity contribution in [1.29, 1.82) is 0 Å². The molecule has 0 amide bonds. The van der Waals surface area contributed by atoms with Gasteiger partial charge in [0, 0.05) is 53.0 Å². The second-order valence-corrected chi connectivity index (χ2v) is 21.9. The molecule has 0 aliphatic carbocycles. The van der Waals surface area contributed by atoms with Crippen molar-refractivity contribution < 1.29 is 0 Å². The first-order chi connectivity index (χ1) is 38.6. The summed E-state index contributed by atoms with van der Waals surface area (Å²) in [6.07, 6.45) is 0. The summed E-state index contributed by atoms with van der Waals surface area (Å²) < 4.78 is 2.43. The predicted molar refractivity (Wildman–Crippen MR) is 335 cm³/mol. The largest absolute Gasteiger partial charge is 0.311 e. The molecule has 0 saturated carbocycles. The van der Waals surface area contributed by atoms with E-state index in [1.165, 1.54) is 97.0 Å². The minimum absolute atomic E-state index is 1.08. The Balaban J connectivity index is 0.840. The number of fused-ring (bicyclic) bond motifs is 3. The van der Waals surface area contributed by atoms with Crippen LogP contribution < -0.4 is 4.90 Å². The number of benzene rings is 11. The molecule has 0 unspecified atom stereocenters. The van der Waals surface area contributed by atoms with Crippen molar-refractivity contribution in [2.24, 2.45) is 0 Å². The standard InChI is InChI=1S/C74H50N2S2/c1-5-13-51(14-6-1)53-29-35-63(36-30-53)75(64-37-31-54(32-38-64)52-15-7-2-8-16-52)65-39-41-66(42-40-65)76-69-43-33-61(55-21-25-59(26-22-55)73-47-45-71(77-73)57-17-9-3-10-18-57)49-67(69)68-50-62(34-44-70(68)76)56-23-27-60(28-24-56)74-48-46-72(78-74)58-19-11-4-12-20-58/h1-50H. The molecular weight excluding hydrogens is 981 g/mol. The molecule has 14 rings (SSSR count). The van der Waals surface area contributed by atoms with Crippen LogP contribution in [-0.4, -0.2) is 4.57 Å². The van der Waals surface area contributed by atoms with Gasteiger partial charge in [-0.05, 0) is 164 Å². The quantitative estimate of drug-likeness (QED) is 0.118. The van der Waals surface area contributed by atoms with Crippen molar-refractivity contribution in [3.05, 3.63) is 303 Å². The second kappa shape index (κ2) is 20.5. The van der Waals surface area contributed by atoms with Crippen molar-refractivity contribution in [2.75, 3.05) is 4.90 Å². The van der Waals surface area contributed by atoms with Crippen LogP contribution in [0.3, 0.4) is 0 Å². The highest BCUT2D eigenvalue weighted by molar-refractivity contribution is 7.19. The van der Waals surface area contributed by atoms with Gasteiger partial charge in [-0.1, -0.05) is 206 Å². The third-order valence-electron chi connectivity index (χ3n) is 14.9. The monoisotopic (exact) mass is 1030 g/mol. The maximum atomic E-state index is 2.43. The molecule has 0 atom stereocenters. The zero-order valence-electron chi connectivity index (χ0n) is 42.6. The van der Waals surface area contributed by atoms with Gasteiger partial charge in [-0.25, -0.2) is 0 Å². The van der Waals surface area contributed by atoms with Gasteiger partial charge in [0.1, 0.15) is 0 Å². The average molecular weight is 1030 g/mol. The smallest absolute Gasteiger partial charge is 0.0541 e. The summed E-state index contributed by atoms with van der Waals surface area (Å²) in [7, 11) is 0. The maximum Gasteiger partial charge on any atom is 0.0541 e. The minimum Gasteiger partial charge on any atom is -0.311 e. The number of nitrogens with zero attached hydrogens (tertiary/aromatic N) is 2. The normalized spacial score (nSPS) is 11.3. The summed E-state index contributed by atoms with van der Waals surface area (Å²) in [5.41, 5.74) is 21.2. The van der Waals surface area contributed by atoms with E-state index in [4.69, 9.17) is 0 Å². The number of hydrogen-bond donors (Lipinski definition) is 0. The Bertz CT molecular complexity index is 4090. The van der Waals surface area contributed by atoms with Crippen LogP contribution in [0.25, 0.3) is 114 Å². The summed E-state index contributed by atoms with van der Waals surface area (Å²) in [6, 6.07) is 111. The number of anilines is 3. The van der Waals surface area contributed by atoms with E-state index in [0.29, 0.717) is 0 Å². The van der Waals surface area contributed by atoms with Gasteiger partial charge in [-0.3, -0.25) is 0 Å². The molecule has 0 radical (unpaired) electrons. The molecule has 4 heteroatoms. The van der Waals surface area contributed by atoms with E-state index in [2.05, 4.69) is 313 Å². The third-order valence-corrected chi connectivity index (χ3v) is 17.3. The molecule has 0 saturated heterocycles. The Morgan fingerprint density at radius 1 is 0.218 bits per heavy atom. The Morgan fingerprint density at radius 2 is 0.474 bits per heavy atom. The predicted octanol–water partition coefficient (Wildman–Crippen LogP) is 21.7. The highest BCUT2D eigenvalue weighted by Crippen LogP contribution is 2.42. The number of aromatic nitrogens is 1. The van der Waals surface area contributed by atoms with Crippen LogP contribution in [0.4, 0.5) is 17.1 Å². The molecule has 2 nitrogen and oxygen atoms in total. The van der Waals surface area contributed by atoms with Crippen molar-refractivity contribution >= 4 is 61.5 Å². The summed E-state index contributed by atoms with van der Waals surface area (Å²) in [5.74, 6) is 0. The fourth-order valence-corrected chi connectivity index (χ4v) is 12.9. The van der Waals surface area contributed by atoms with E-state index in [-0.39, 0.29) is 0 Å². The Kier molecular flexibility index (Phi) is 12.3. The van der Waals surface area contributed by atoms with Gasteiger partial charge in [0.25, 0.3) is 0 Å². The zero-order chi connectivity index (χ0) is 51.8. The van der Waals surface area contributed by atoms with Crippen LogP contribution in [-0.2, 0) is 0 Å². The second-order valence-electron chi connectivity index (χ2n) is 19.7. The van der Waals surface area contributed by atoms with Crippen LogP contribution >= 0.6 is 22.7 Å². The van der Waals surface area contributed by atoms with E-state index in [0.717, 1.165) is 33.8 Å². The highest BCUT2D eigenvalue weighted by atomic mass is 32.1. The number of rotatable bonds is 12. The lowest BCUT2D eigenvalue weighted by Crippen LogP contribution is -2.10. The summed E-state index contributed by atoms with van der Waals surface area (Å²) in [5, 5.41) is 2.43. The van der Waals surface area contributed by atoms with E-state index in [9.17, 15) is 0 Å². The van der Waals surface area contributed by atoms with Gasteiger partial charge in [-0.2, -0.15) is 0 Å². The number of thiophene rings is 2. The van der Waals surface area contributed by atoms with Gasteiger partial charge in [0.15, 0.2) is 0 Å². The van der Waals surface area contributed by atoms with E-state index in [1.807, 2.05) is 22.7 Å². The maximum absolute atomic E-state index is 2.43. The Hall–Kier alpha value is -9.58. The molecule has 11 aromatic carbocycles. The fraction of sp³-hybridized carbons (Fsp3) is 0. The fourth-order valence-electron chi connectivity index (χ4n) is 10.9. The van der Waals surface area contributed by atoms with E-state index >= 15 is 0 Å². The molecule has 0 aliphatic heterocycles. The van der Waals surface area contributed by atoms with Crippen molar-refractivity contribution in [2.45, 2.75) is 0 Å². The van der Waals surface area contributed by atoms with Crippen molar-refractivity contribution in [1.82, 2.24) is 4.57 Å². The SMILES string of the molecule is c1ccc(-c2ccc(N(c3ccc(-c4ccccc4)cc3)c3ccc(-n4c5ccc(-c6ccc(-c7ccc(-c8ccccc8)s7)cc6)cc5c5cc(-c6ccc(-c7ccc(-c8ccccc8)s7)cc6)ccc54)cc3)cc2)cc1. The molecule has 14 aromatic rings. The van der Waals surface area contributed by atoms with Crippen molar-refractivity contribution in [3.8, 4) is 92.0 Å². The van der Waals surface area contributed by atoms with Crippen LogP contribution in [0.5, 0.6) is 0 Å². The van der Waals surface area contributed by atoms with Gasteiger partial charge >= 0.3 is 0 Å². The lowest BCUT2D eigenvalue weighted by Gasteiger charge is -2.26. The average Bonchev–Trinajstić information content (AvgIpc) is 4.50. The summed E-state index contributed by atoms with van der Waals surface area (Å²) in [4.78, 5) is 7.45. The van der Waals surface area contributed by atoms with Gasteiger partial charge < -0.3 is 9.47 Å². The zero-order valence-corrected chi connectivity index (χ0v) is 44.2.